The predicted octanol–water partition coefficient (Wildman–Crippen LogP) is 1.31. The van der Waals surface area contributed by atoms with Crippen LogP contribution < -0.4 is 21.0 Å². The van der Waals surface area contributed by atoms with Gasteiger partial charge >= 0.3 is 19.4 Å². The first-order valence-electron chi connectivity index (χ1n) is 11.8. The van der Waals surface area contributed by atoms with E-state index in [2.05, 4.69) is 10.1 Å². The molecule has 38 heavy (non-hydrogen) atoms. The standard InChI is InChI=1S/C23H32FN4O9P/c1-13(2)34-20(30)14(3)27-38(33,37-16-8-6-5-7-9-16)36-15(4)18-19(29)23(32,12-24)21(35-18)28-11-10-17(25)26-22(28)31/h5-11,13-15,18-19,21,29,32H,12H2,1-4H3,(H,27,33)(H2,25,26,31)/t14-,15-,18+,19?,21+,23+,38-/m0/s1. The van der Waals surface area contributed by atoms with Gasteiger partial charge in [0.1, 0.15) is 36.5 Å². The number of hydrogen-bond acceptors (Lipinski definition) is 11. The summed E-state index contributed by atoms with van der Waals surface area (Å²) in [6, 6.07) is 8.01. The van der Waals surface area contributed by atoms with E-state index in [1.165, 1.54) is 32.0 Å². The van der Waals surface area contributed by atoms with Crippen molar-refractivity contribution in [2.75, 3.05) is 12.4 Å². The van der Waals surface area contributed by atoms with Gasteiger partial charge in [-0.15, -0.1) is 0 Å². The van der Waals surface area contributed by atoms with Gasteiger partial charge in [-0.05, 0) is 45.9 Å². The van der Waals surface area contributed by atoms with Gasteiger partial charge in [-0.3, -0.25) is 13.9 Å². The van der Waals surface area contributed by atoms with Crippen LogP contribution in [-0.4, -0.2) is 68.5 Å². The SMILES string of the molecule is CC(C)OC(=O)[C@H](C)N[P@@](=O)(Oc1ccccc1)O[C@@H](C)[C@H]1O[C@@H](n2ccc(N)nc2=O)[C@@](O)(CF)C1O. The van der Waals surface area contributed by atoms with Gasteiger partial charge in [0, 0.05) is 6.20 Å². The van der Waals surface area contributed by atoms with Crippen LogP contribution in [0.1, 0.15) is 33.9 Å². The molecule has 1 aromatic carbocycles. The smallest absolute Gasteiger partial charge is 0.459 e. The van der Waals surface area contributed by atoms with Crippen molar-refractivity contribution >= 4 is 19.5 Å². The van der Waals surface area contributed by atoms with Crippen LogP contribution in [0.4, 0.5) is 10.2 Å². The zero-order chi connectivity index (χ0) is 28.3. The highest BCUT2D eigenvalue weighted by Gasteiger charge is 2.59. The van der Waals surface area contributed by atoms with Crippen LogP contribution in [0.5, 0.6) is 5.75 Å². The molecule has 2 heterocycles. The third-order valence-electron chi connectivity index (χ3n) is 5.65. The van der Waals surface area contributed by atoms with Gasteiger partial charge in [-0.2, -0.15) is 10.1 Å². The monoisotopic (exact) mass is 558 g/mol. The summed E-state index contributed by atoms with van der Waals surface area (Å²) in [6.07, 6.45) is -5.81. The molecule has 1 fully saturated rings. The van der Waals surface area contributed by atoms with Crippen LogP contribution in [-0.2, 0) is 23.4 Å². The molecule has 210 valence electrons. The molecule has 5 N–H and O–H groups in total. The van der Waals surface area contributed by atoms with E-state index in [9.17, 15) is 28.8 Å². The van der Waals surface area contributed by atoms with Crippen LogP contribution in [0.2, 0.25) is 0 Å². The number of aliphatic hydroxyl groups excluding tert-OH is 1. The first kappa shape index (κ1) is 29.7. The van der Waals surface area contributed by atoms with Crippen molar-refractivity contribution in [2.24, 2.45) is 0 Å². The molecule has 0 radical (unpaired) electrons. The van der Waals surface area contributed by atoms with Crippen LogP contribution in [0.15, 0.2) is 47.4 Å². The summed E-state index contributed by atoms with van der Waals surface area (Å²) in [6.45, 7) is 4.50. The molecule has 2 aromatic rings. The first-order chi connectivity index (χ1) is 17.8. The molecular formula is C23H32FN4O9P. The molecule has 0 spiro atoms. The van der Waals surface area contributed by atoms with Gasteiger partial charge in [-0.25, -0.2) is 13.8 Å². The lowest BCUT2D eigenvalue weighted by Crippen LogP contribution is -2.51. The minimum absolute atomic E-state index is 0.114. The minimum Gasteiger partial charge on any atom is -0.462 e. The number of nitrogen functional groups attached to an aromatic ring is 1. The number of rotatable bonds is 11. The molecule has 1 unspecified atom stereocenters. The Morgan fingerprint density at radius 1 is 1.29 bits per heavy atom. The summed E-state index contributed by atoms with van der Waals surface area (Å²) in [5.41, 5.74) is 1.95. The summed E-state index contributed by atoms with van der Waals surface area (Å²) >= 11 is 0. The number of aliphatic hydroxyl groups is 2. The lowest BCUT2D eigenvalue weighted by molar-refractivity contribution is -0.149. The Hall–Kier alpha value is -2.87. The molecule has 1 aliphatic rings. The number of hydrogen-bond donors (Lipinski definition) is 4. The molecule has 0 aliphatic carbocycles. The zero-order valence-corrected chi connectivity index (χ0v) is 22.2. The second kappa shape index (κ2) is 11.9. The Balaban J connectivity index is 1.88. The van der Waals surface area contributed by atoms with Gasteiger partial charge in [0.2, 0.25) is 0 Å². The van der Waals surface area contributed by atoms with E-state index in [4.69, 9.17) is 24.3 Å². The third kappa shape index (κ3) is 6.57. The molecule has 15 heteroatoms. The van der Waals surface area contributed by atoms with Crippen molar-refractivity contribution in [3.63, 3.8) is 0 Å². The van der Waals surface area contributed by atoms with Crippen molar-refractivity contribution in [1.82, 2.24) is 14.6 Å². The number of benzene rings is 1. The van der Waals surface area contributed by atoms with Gasteiger partial charge in [0.05, 0.1) is 12.2 Å². The van der Waals surface area contributed by atoms with E-state index in [0.29, 0.717) is 0 Å². The summed E-state index contributed by atoms with van der Waals surface area (Å²) in [7, 11) is -4.40. The first-order valence-corrected chi connectivity index (χ1v) is 13.3. The molecule has 7 atom stereocenters. The average Bonchev–Trinajstić information content (AvgIpc) is 3.10. The highest BCUT2D eigenvalue weighted by atomic mass is 31.2. The number of anilines is 1. The molecule has 1 aliphatic heterocycles. The van der Waals surface area contributed by atoms with Crippen LogP contribution >= 0.6 is 7.75 Å². The number of alkyl halides is 1. The van der Waals surface area contributed by atoms with Crippen molar-refractivity contribution in [1.29, 1.82) is 0 Å². The Labute approximate surface area is 218 Å². The number of aromatic nitrogens is 2. The van der Waals surface area contributed by atoms with Crippen molar-refractivity contribution in [2.45, 2.75) is 70.0 Å². The van der Waals surface area contributed by atoms with Crippen molar-refractivity contribution in [3.8, 4) is 5.75 Å². The fourth-order valence-corrected chi connectivity index (χ4v) is 5.49. The van der Waals surface area contributed by atoms with Crippen LogP contribution in [0, 0.1) is 0 Å². The topological polar surface area (TPSA) is 184 Å². The lowest BCUT2D eigenvalue weighted by atomic mass is 9.93. The molecule has 0 saturated carbocycles. The maximum Gasteiger partial charge on any atom is 0.459 e. The Kier molecular flexibility index (Phi) is 9.29. The average molecular weight is 559 g/mol. The van der Waals surface area contributed by atoms with E-state index in [-0.39, 0.29) is 11.6 Å². The molecule has 0 bridgehead atoms. The quantitative estimate of drug-likeness (QED) is 0.229. The number of nitrogens with zero attached hydrogens (tertiary/aromatic N) is 2. The molecule has 1 saturated heterocycles. The zero-order valence-electron chi connectivity index (χ0n) is 21.3. The number of esters is 1. The fraction of sp³-hybridized carbons (Fsp3) is 0.522. The van der Waals surface area contributed by atoms with Crippen LogP contribution in [0.25, 0.3) is 0 Å². The molecule has 0 amide bonds. The lowest BCUT2D eigenvalue weighted by Gasteiger charge is -2.30. The Bertz CT molecular complexity index is 1220. The maximum atomic E-state index is 14.1. The van der Waals surface area contributed by atoms with E-state index in [1.54, 1.807) is 32.0 Å². The van der Waals surface area contributed by atoms with Gasteiger partial charge < -0.3 is 29.9 Å². The summed E-state index contributed by atoms with van der Waals surface area (Å²) in [5.74, 6) is -0.713. The second-order valence-electron chi connectivity index (χ2n) is 9.11. The third-order valence-corrected chi connectivity index (χ3v) is 7.41. The highest BCUT2D eigenvalue weighted by Crippen LogP contribution is 2.49. The number of carbonyl (C=O) groups is 1. The van der Waals surface area contributed by atoms with Crippen LogP contribution in [0.3, 0.4) is 0 Å². The number of nitrogens with two attached hydrogens (primary N) is 1. The molecule has 1 aromatic heterocycles. The molecular weight excluding hydrogens is 526 g/mol. The maximum absolute atomic E-state index is 14.1. The number of para-hydroxylation sites is 1. The molecule has 3 rings (SSSR count). The number of carbonyl (C=O) groups excluding carboxylic acids is 1. The second-order valence-corrected chi connectivity index (χ2v) is 10.8. The van der Waals surface area contributed by atoms with Gasteiger partial charge in [-0.1, -0.05) is 18.2 Å². The number of ether oxygens (including phenoxy) is 2. The van der Waals surface area contributed by atoms with Crippen molar-refractivity contribution in [3.05, 3.63) is 53.1 Å². The van der Waals surface area contributed by atoms with E-state index >= 15 is 0 Å². The Morgan fingerprint density at radius 2 is 1.95 bits per heavy atom. The van der Waals surface area contributed by atoms with Gasteiger partial charge in [0.25, 0.3) is 0 Å². The normalized spacial score (nSPS) is 26.5. The van der Waals surface area contributed by atoms with E-state index in [0.717, 1.165) is 10.8 Å². The highest BCUT2D eigenvalue weighted by molar-refractivity contribution is 7.52. The number of nitrogens with one attached hydrogen (secondary N) is 1. The Morgan fingerprint density at radius 3 is 2.53 bits per heavy atom. The largest absolute Gasteiger partial charge is 0.462 e. The fourth-order valence-electron chi connectivity index (χ4n) is 3.80. The van der Waals surface area contributed by atoms with Crippen molar-refractivity contribution < 1.29 is 42.5 Å². The molecule has 13 nitrogen and oxygen atoms in total. The minimum atomic E-state index is -4.40. The number of halogens is 1. The van der Waals surface area contributed by atoms with E-state index < -0.39 is 68.4 Å². The summed E-state index contributed by atoms with van der Waals surface area (Å²) in [4.78, 5) is 28.2. The predicted molar refractivity (Wildman–Crippen MR) is 133 cm³/mol. The summed E-state index contributed by atoms with van der Waals surface area (Å²) in [5, 5.41) is 24.3. The van der Waals surface area contributed by atoms with Gasteiger partial charge in [0.15, 0.2) is 11.8 Å². The summed E-state index contributed by atoms with van der Waals surface area (Å²) < 4.78 is 50.7. The van der Waals surface area contributed by atoms with E-state index in [1.807, 2.05) is 0 Å².